The first-order valence-electron chi connectivity index (χ1n) is 11.5. The second kappa shape index (κ2) is 12.0. The summed E-state index contributed by atoms with van der Waals surface area (Å²) in [7, 11) is -1.65. The lowest BCUT2D eigenvalue weighted by molar-refractivity contribution is -0.141. The van der Waals surface area contributed by atoms with Crippen molar-refractivity contribution >= 4 is 39.3 Å². The van der Waals surface area contributed by atoms with E-state index in [-0.39, 0.29) is 24.6 Å². The van der Waals surface area contributed by atoms with Crippen LogP contribution >= 0.6 is 11.6 Å². The number of carbonyl (C=O) groups is 2. The highest BCUT2D eigenvalue weighted by atomic mass is 35.5. The molecule has 0 radical (unpaired) electrons. The molecule has 2 aromatic rings. The summed E-state index contributed by atoms with van der Waals surface area (Å²) in [6.45, 7) is 6.57. The highest BCUT2D eigenvalue weighted by Crippen LogP contribution is 2.24. The molecule has 2 rings (SSSR count). The minimum Gasteiger partial charge on any atom is -0.350 e. The third-order valence-electron chi connectivity index (χ3n) is 5.29. The molecule has 0 saturated heterocycles. The molecule has 1 atom stereocenters. The van der Waals surface area contributed by atoms with Gasteiger partial charge in [0.05, 0.1) is 5.69 Å². The molecule has 11 heteroatoms. The van der Waals surface area contributed by atoms with Gasteiger partial charge in [0.15, 0.2) is 0 Å². The Balaban J connectivity index is 2.53. The Hall–Kier alpha value is -2.69. The first kappa shape index (κ1) is 29.5. The molecular weight excluding hydrogens is 507 g/mol. The lowest BCUT2D eigenvalue weighted by Gasteiger charge is -2.35. The molecule has 1 N–H and O–H groups in total. The van der Waals surface area contributed by atoms with Gasteiger partial charge in [-0.1, -0.05) is 42.8 Å². The van der Waals surface area contributed by atoms with Gasteiger partial charge in [0, 0.05) is 31.2 Å². The molecule has 2 aromatic carbocycles. The Labute approximate surface area is 218 Å². The summed E-state index contributed by atoms with van der Waals surface area (Å²) in [5.41, 5.74) is -0.117. The number of carbonyl (C=O) groups excluding carboxylic acids is 2. The van der Waals surface area contributed by atoms with E-state index in [1.54, 1.807) is 31.2 Å². The third-order valence-corrected chi connectivity index (χ3v) is 7.35. The van der Waals surface area contributed by atoms with Crippen molar-refractivity contribution in [3.05, 3.63) is 64.9 Å². The number of hydrogen-bond acceptors (Lipinski definition) is 4. The van der Waals surface area contributed by atoms with Crippen molar-refractivity contribution in [2.24, 2.45) is 0 Å². The van der Waals surface area contributed by atoms with Gasteiger partial charge >= 0.3 is 10.2 Å². The van der Waals surface area contributed by atoms with Crippen LogP contribution in [0.25, 0.3) is 0 Å². The van der Waals surface area contributed by atoms with Gasteiger partial charge in [0.25, 0.3) is 0 Å². The minimum atomic E-state index is -4.24. The second-order valence-electron chi connectivity index (χ2n) is 9.56. The molecule has 0 aliphatic carbocycles. The molecule has 36 heavy (non-hydrogen) atoms. The van der Waals surface area contributed by atoms with E-state index in [2.05, 4.69) is 5.32 Å². The Morgan fingerprint density at radius 1 is 1.06 bits per heavy atom. The van der Waals surface area contributed by atoms with Gasteiger partial charge < -0.3 is 10.2 Å². The largest absolute Gasteiger partial charge is 0.350 e. The fraction of sp³-hybridized carbons (Fsp3) is 0.440. The second-order valence-corrected chi connectivity index (χ2v) is 12.1. The van der Waals surface area contributed by atoms with Crippen molar-refractivity contribution < 1.29 is 22.4 Å². The lowest BCUT2D eigenvalue weighted by Crippen LogP contribution is -2.55. The molecule has 0 aliphatic rings. The molecule has 0 aliphatic heterocycles. The molecule has 198 valence electrons. The number of rotatable bonds is 10. The van der Waals surface area contributed by atoms with Crippen molar-refractivity contribution in [3.63, 3.8) is 0 Å². The van der Waals surface area contributed by atoms with Crippen molar-refractivity contribution in [2.75, 3.05) is 24.9 Å². The zero-order valence-corrected chi connectivity index (χ0v) is 23.0. The van der Waals surface area contributed by atoms with Crippen LogP contribution in [0.15, 0.2) is 48.5 Å². The topological polar surface area (TPSA) is 90.0 Å². The summed E-state index contributed by atoms with van der Waals surface area (Å²) in [6.07, 6.45) is 0.279. The number of para-hydroxylation sites is 1. The van der Waals surface area contributed by atoms with E-state index in [1.807, 2.05) is 20.8 Å². The van der Waals surface area contributed by atoms with Crippen molar-refractivity contribution in [3.8, 4) is 0 Å². The SMILES string of the molecule is CC[C@@H](C(=O)NC(C)(C)C)N(Cc1ccc(Cl)cc1)C(=O)CN(c1ccccc1F)S(=O)(=O)N(C)C. The summed E-state index contributed by atoms with van der Waals surface area (Å²) < 4.78 is 42.5. The molecule has 0 bridgehead atoms. The van der Waals surface area contributed by atoms with E-state index >= 15 is 0 Å². The standard InChI is InChI=1S/C25H34ClFN4O4S/c1-7-21(24(33)28-25(2,3)4)30(16-18-12-14-19(26)15-13-18)23(32)17-31(36(34,35)29(5)6)22-11-9-8-10-20(22)27/h8-15,21H,7,16-17H2,1-6H3,(H,28,33)/t21-/m0/s1. The molecule has 0 unspecified atom stereocenters. The maximum Gasteiger partial charge on any atom is 0.304 e. The van der Waals surface area contributed by atoms with E-state index in [0.717, 1.165) is 10.4 Å². The van der Waals surface area contributed by atoms with Gasteiger partial charge in [-0.05, 0) is 57.0 Å². The number of halogens is 2. The summed E-state index contributed by atoms with van der Waals surface area (Å²) in [5.74, 6) is -1.83. The number of anilines is 1. The maximum atomic E-state index is 14.7. The summed E-state index contributed by atoms with van der Waals surface area (Å²) >= 11 is 6.00. The highest BCUT2D eigenvalue weighted by molar-refractivity contribution is 7.90. The quantitative estimate of drug-likeness (QED) is 0.496. The van der Waals surface area contributed by atoms with Gasteiger partial charge in [0.1, 0.15) is 18.4 Å². The molecule has 0 heterocycles. The van der Waals surface area contributed by atoms with Crippen LogP contribution in [0, 0.1) is 5.82 Å². The first-order valence-corrected chi connectivity index (χ1v) is 13.3. The zero-order chi connectivity index (χ0) is 27.3. The van der Waals surface area contributed by atoms with E-state index in [0.29, 0.717) is 14.9 Å². The summed E-state index contributed by atoms with van der Waals surface area (Å²) in [5, 5.41) is 3.40. The van der Waals surface area contributed by atoms with E-state index in [9.17, 15) is 22.4 Å². The fourth-order valence-corrected chi connectivity index (χ4v) is 4.71. The van der Waals surface area contributed by atoms with E-state index in [1.165, 1.54) is 37.2 Å². The van der Waals surface area contributed by atoms with Gasteiger partial charge in [-0.3, -0.25) is 9.59 Å². The average Bonchev–Trinajstić information content (AvgIpc) is 2.77. The highest BCUT2D eigenvalue weighted by Gasteiger charge is 2.35. The Morgan fingerprint density at radius 3 is 2.14 bits per heavy atom. The molecule has 2 amide bonds. The van der Waals surface area contributed by atoms with Crippen LogP contribution in [-0.4, -0.2) is 61.7 Å². The molecule has 8 nitrogen and oxygen atoms in total. The van der Waals surface area contributed by atoms with Gasteiger partial charge in [-0.25, -0.2) is 8.70 Å². The van der Waals surface area contributed by atoms with Crippen LogP contribution in [0.1, 0.15) is 39.7 Å². The number of nitrogens with zero attached hydrogens (tertiary/aromatic N) is 3. The van der Waals surface area contributed by atoms with Crippen LogP contribution in [0.4, 0.5) is 10.1 Å². The van der Waals surface area contributed by atoms with Crippen LogP contribution in [-0.2, 0) is 26.3 Å². The maximum absolute atomic E-state index is 14.7. The Morgan fingerprint density at radius 2 is 1.64 bits per heavy atom. The monoisotopic (exact) mass is 540 g/mol. The zero-order valence-electron chi connectivity index (χ0n) is 21.5. The molecule has 0 fully saturated rings. The smallest absolute Gasteiger partial charge is 0.304 e. The van der Waals surface area contributed by atoms with Crippen molar-refractivity contribution in [2.45, 2.75) is 52.2 Å². The molecule has 0 saturated carbocycles. The normalized spacial score (nSPS) is 12.8. The number of nitrogens with one attached hydrogen (secondary N) is 1. The predicted molar refractivity (Wildman–Crippen MR) is 140 cm³/mol. The number of hydrogen-bond donors (Lipinski definition) is 1. The number of benzene rings is 2. The third kappa shape index (κ3) is 7.65. The minimum absolute atomic E-state index is 0.0270. The van der Waals surface area contributed by atoms with Gasteiger partial charge in [-0.15, -0.1) is 0 Å². The Kier molecular flexibility index (Phi) is 9.87. The van der Waals surface area contributed by atoms with Crippen molar-refractivity contribution in [1.29, 1.82) is 0 Å². The van der Waals surface area contributed by atoms with E-state index in [4.69, 9.17) is 11.6 Å². The molecule has 0 aromatic heterocycles. The Bertz CT molecular complexity index is 1170. The number of amides is 2. The van der Waals surface area contributed by atoms with E-state index < -0.39 is 40.1 Å². The predicted octanol–water partition coefficient (Wildman–Crippen LogP) is 3.81. The lowest BCUT2D eigenvalue weighted by atomic mass is 10.1. The molecule has 0 spiro atoms. The van der Waals surface area contributed by atoms with Crippen LogP contribution in [0.2, 0.25) is 5.02 Å². The van der Waals surface area contributed by atoms with Crippen LogP contribution in [0.5, 0.6) is 0 Å². The fourth-order valence-electron chi connectivity index (χ4n) is 3.51. The summed E-state index contributed by atoms with van der Waals surface area (Å²) in [6, 6.07) is 11.2. The van der Waals surface area contributed by atoms with Crippen LogP contribution < -0.4 is 9.62 Å². The summed E-state index contributed by atoms with van der Waals surface area (Å²) in [4.78, 5) is 28.2. The first-order chi connectivity index (χ1) is 16.7. The van der Waals surface area contributed by atoms with Crippen LogP contribution in [0.3, 0.4) is 0 Å². The van der Waals surface area contributed by atoms with Gasteiger partial charge in [-0.2, -0.15) is 12.7 Å². The molecular formula is C25H34ClFN4O4S. The average molecular weight is 541 g/mol. The van der Waals surface area contributed by atoms with Gasteiger partial charge in [0.2, 0.25) is 11.8 Å². The van der Waals surface area contributed by atoms with Crippen molar-refractivity contribution in [1.82, 2.24) is 14.5 Å².